The van der Waals surface area contributed by atoms with Gasteiger partial charge in [0.2, 0.25) is 0 Å². The zero-order chi connectivity index (χ0) is 11.0. The number of rotatable bonds is 3. The van der Waals surface area contributed by atoms with Crippen molar-refractivity contribution in [3.05, 3.63) is 21.7 Å². The Morgan fingerprint density at radius 2 is 2.07 bits per heavy atom. The second-order valence-electron chi connectivity index (χ2n) is 3.26. The van der Waals surface area contributed by atoms with E-state index in [1.165, 1.54) is 0 Å². The summed E-state index contributed by atoms with van der Waals surface area (Å²) >= 11 is 3.44. The summed E-state index contributed by atoms with van der Waals surface area (Å²) in [7, 11) is 3.31. The van der Waals surface area contributed by atoms with Gasteiger partial charge in [0.25, 0.3) is 0 Å². The Balaban J connectivity index is 2.59. The van der Waals surface area contributed by atoms with Crippen LogP contribution in [0.5, 0.6) is 11.5 Å². The Morgan fingerprint density at radius 1 is 1.33 bits per heavy atom. The predicted molar refractivity (Wildman–Crippen MR) is 64.2 cm³/mol. The van der Waals surface area contributed by atoms with Crippen molar-refractivity contribution in [3.8, 4) is 11.5 Å². The van der Waals surface area contributed by atoms with Gasteiger partial charge in [0, 0.05) is 17.7 Å². The van der Waals surface area contributed by atoms with Crippen molar-refractivity contribution >= 4 is 27.6 Å². The van der Waals surface area contributed by atoms with E-state index >= 15 is 0 Å². The predicted octanol–water partition coefficient (Wildman–Crippen LogP) is 2.28. The molecule has 0 heterocycles. The fourth-order valence-electron chi connectivity index (χ4n) is 1.79. The van der Waals surface area contributed by atoms with E-state index in [2.05, 4.69) is 15.9 Å². The first-order chi connectivity index (χ1) is 7.22. The minimum atomic E-state index is 0.522. The van der Waals surface area contributed by atoms with Crippen molar-refractivity contribution in [2.45, 2.75) is 0 Å². The van der Waals surface area contributed by atoms with Gasteiger partial charge in [0.15, 0.2) is 0 Å². The number of methoxy groups -OCH3 is 2. The third-order valence-corrected chi connectivity index (χ3v) is 3.11. The van der Waals surface area contributed by atoms with Crippen LogP contribution in [-0.4, -0.2) is 20.8 Å². The molecule has 0 spiro atoms. The van der Waals surface area contributed by atoms with Gasteiger partial charge >= 0.3 is 0 Å². The largest absolute Gasteiger partial charge is 0.496 e. The standard InChI is InChI=1S/C11H12BrNO2/c1-14-9-4-8(12)11(15-2)7-3-6(5-13)10(7)9/h3-4H,5,13H2,1-2H3. The molecule has 0 bridgehead atoms. The highest BCUT2D eigenvalue weighted by molar-refractivity contribution is 9.10. The van der Waals surface area contributed by atoms with Crippen LogP contribution in [0.25, 0.3) is 11.6 Å². The maximum atomic E-state index is 5.63. The first kappa shape index (κ1) is 10.5. The van der Waals surface area contributed by atoms with Crippen LogP contribution in [0.2, 0.25) is 0 Å². The van der Waals surface area contributed by atoms with Gasteiger partial charge in [-0.25, -0.2) is 0 Å². The quantitative estimate of drug-likeness (QED) is 0.916. The number of halogens is 1. The molecule has 0 amide bonds. The number of nitrogens with two attached hydrogens (primary N) is 1. The van der Waals surface area contributed by atoms with Crippen molar-refractivity contribution < 1.29 is 9.47 Å². The zero-order valence-electron chi connectivity index (χ0n) is 8.63. The van der Waals surface area contributed by atoms with E-state index in [-0.39, 0.29) is 0 Å². The SMILES string of the molecule is COc1cc(Br)c(OC)c2c1C(CN)=C2. The molecular formula is C11H12BrNO2. The summed E-state index contributed by atoms with van der Waals surface area (Å²) < 4.78 is 11.5. The van der Waals surface area contributed by atoms with E-state index in [9.17, 15) is 0 Å². The highest BCUT2D eigenvalue weighted by Crippen LogP contribution is 2.47. The molecule has 0 aromatic heterocycles. The maximum Gasteiger partial charge on any atom is 0.141 e. The van der Waals surface area contributed by atoms with E-state index in [1.807, 2.05) is 12.1 Å². The molecule has 15 heavy (non-hydrogen) atoms. The van der Waals surface area contributed by atoms with Crippen molar-refractivity contribution in [3.63, 3.8) is 0 Å². The van der Waals surface area contributed by atoms with Crippen LogP contribution in [0.3, 0.4) is 0 Å². The van der Waals surface area contributed by atoms with E-state index < -0.39 is 0 Å². The molecule has 80 valence electrons. The Hall–Kier alpha value is -1.00. The average Bonchev–Trinajstić information content (AvgIpc) is 2.20. The van der Waals surface area contributed by atoms with Crippen LogP contribution >= 0.6 is 15.9 Å². The lowest BCUT2D eigenvalue weighted by molar-refractivity contribution is 0.398. The molecule has 4 heteroatoms. The Morgan fingerprint density at radius 3 is 2.60 bits per heavy atom. The van der Waals surface area contributed by atoms with Gasteiger partial charge in [-0.3, -0.25) is 0 Å². The van der Waals surface area contributed by atoms with Gasteiger partial charge in [-0.05, 0) is 33.6 Å². The second-order valence-corrected chi connectivity index (χ2v) is 4.11. The highest BCUT2D eigenvalue weighted by Gasteiger charge is 2.25. The first-order valence-corrected chi connectivity index (χ1v) is 5.37. The summed E-state index contributed by atoms with van der Waals surface area (Å²) in [5, 5.41) is 0. The number of benzene rings is 1. The summed E-state index contributed by atoms with van der Waals surface area (Å²) in [6.07, 6.45) is 2.03. The van der Waals surface area contributed by atoms with Gasteiger partial charge in [-0.15, -0.1) is 0 Å². The molecule has 2 N–H and O–H groups in total. The fraction of sp³-hybridized carbons (Fsp3) is 0.273. The monoisotopic (exact) mass is 269 g/mol. The Kier molecular flexibility index (Phi) is 2.71. The van der Waals surface area contributed by atoms with Crippen LogP contribution in [0.1, 0.15) is 11.1 Å². The van der Waals surface area contributed by atoms with Gasteiger partial charge in [-0.2, -0.15) is 0 Å². The van der Waals surface area contributed by atoms with Crippen LogP contribution in [0.4, 0.5) is 0 Å². The zero-order valence-corrected chi connectivity index (χ0v) is 10.2. The van der Waals surface area contributed by atoms with Gasteiger partial charge in [0.05, 0.1) is 18.7 Å². The van der Waals surface area contributed by atoms with Gasteiger partial charge in [0.1, 0.15) is 11.5 Å². The fourth-order valence-corrected chi connectivity index (χ4v) is 2.38. The summed E-state index contributed by atoms with van der Waals surface area (Å²) in [5.41, 5.74) is 8.86. The summed E-state index contributed by atoms with van der Waals surface area (Å²) in [6.45, 7) is 0.522. The third-order valence-electron chi connectivity index (χ3n) is 2.52. The van der Waals surface area contributed by atoms with Crippen LogP contribution in [0.15, 0.2) is 10.5 Å². The second kappa shape index (κ2) is 3.87. The highest BCUT2D eigenvalue weighted by atomic mass is 79.9. The lowest BCUT2D eigenvalue weighted by atomic mass is 9.87. The molecule has 3 nitrogen and oxygen atoms in total. The normalized spacial score (nSPS) is 12.7. The van der Waals surface area contributed by atoms with Gasteiger partial charge < -0.3 is 15.2 Å². The molecule has 0 atom stereocenters. The Bertz CT molecular complexity index is 441. The van der Waals surface area contributed by atoms with Crippen molar-refractivity contribution in [1.29, 1.82) is 0 Å². The lowest BCUT2D eigenvalue weighted by Gasteiger charge is -2.25. The van der Waals surface area contributed by atoms with Crippen LogP contribution < -0.4 is 15.2 Å². The number of ether oxygens (including phenoxy) is 2. The van der Waals surface area contributed by atoms with Gasteiger partial charge in [-0.1, -0.05) is 0 Å². The molecule has 0 unspecified atom stereocenters. The van der Waals surface area contributed by atoms with Crippen molar-refractivity contribution in [1.82, 2.24) is 0 Å². The summed E-state index contributed by atoms with van der Waals surface area (Å²) in [4.78, 5) is 0. The van der Waals surface area contributed by atoms with Crippen LogP contribution in [-0.2, 0) is 0 Å². The number of hydrogen-bond donors (Lipinski definition) is 1. The molecule has 0 aliphatic heterocycles. The molecule has 1 aliphatic rings. The minimum absolute atomic E-state index is 0.522. The van der Waals surface area contributed by atoms with E-state index in [0.29, 0.717) is 6.54 Å². The van der Waals surface area contributed by atoms with E-state index in [4.69, 9.17) is 15.2 Å². The molecule has 1 aromatic rings. The first-order valence-electron chi connectivity index (χ1n) is 4.58. The maximum absolute atomic E-state index is 5.63. The number of fused-ring (bicyclic) bond motifs is 1. The molecule has 0 fully saturated rings. The topological polar surface area (TPSA) is 44.5 Å². The van der Waals surface area contributed by atoms with Crippen LogP contribution in [0, 0.1) is 0 Å². The Labute approximate surface area is 97.0 Å². The third kappa shape index (κ3) is 1.44. The number of hydrogen-bond acceptors (Lipinski definition) is 3. The molecule has 1 aliphatic carbocycles. The van der Waals surface area contributed by atoms with Crippen molar-refractivity contribution in [2.24, 2.45) is 5.73 Å². The molecule has 1 aromatic carbocycles. The lowest BCUT2D eigenvalue weighted by Crippen LogP contribution is -2.12. The summed E-state index contributed by atoms with van der Waals surface area (Å²) in [6, 6.07) is 1.90. The molecule has 0 saturated carbocycles. The molecule has 2 rings (SSSR count). The smallest absolute Gasteiger partial charge is 0.141 e. The molecular weight excluding hydrogens is 258 g/mol. The molecule has 0 saturated heterocycles. The average molecular weight is 270 g/mol. The molecule has 0 radical (unpaired) electrons. The van der Waals surface area contributed by atoms with E-state index in [1.54, 1.807) is 14.2 Å². The summed E-state index contributed by atoms with van der Waals surface area (Å²) in [5.74, 6) is 1.67. The van der Waals surface area contributed by atoms with E-state index in [0.717, 1.165) is 32.7 Å². The van der Waals surface area contributed by atoms with Crippen molar-refractivity contribution in [2.75, 3.05) is 20.8 Å². The minimum Gasteiger partial charge on any atom is -0.496 e.